The lowest BCUT2D eigenvalue weighted by atomic mass is 9.99. The zero-order valence-corrected chi connectivity index (χ0v) is 23.4. The number of benzene rings is 2. The molecule has 0 spiro atoms. The smallest absolute Gasteiger partial charge is 0.321 e. The number of aliphatic hydroxyl groups is 1. The number of hydrogen-bond donors (Lipinski definition) is 4. The van der Waals surface area contributed by atoms with E-state index in [0.29, 0.717) is 29.4 Å². The van der Waals surface area contributed by atoms with Crippen LogP contribution < -0.4 is 25.4 Å². The van der Waals surface area contributed by atoms with E-state index in [0.717, 1.165) is 0 Å². The number of aliphatic hydroxyl groups excluding tert-OH is 1. The van der Waals surface area contributed by atoms with Crippen LogP contribution in [0.3, 0.4) is 0 Å². The fourth-order valence-electron chi connectivity index (χ4n) is 4.19. The van der Waals surface area contributed by atoms with Crippen LogP contribution in [0.5, 0.6) is 11.5 Å². The molecule has 212 valence electrons. The summed E-state index contributed by atoms with van der Waals surface area (Å²) in [7, 11) is 3.25. The van der Waals surface area contributed by atoms with Gasteiger partial charge < -0.3 is 40.3 Å². The SMILES string of the molecule is COc1ccc(NC(=O)N(C)C[C@@H]2Oc3ccc(NC(=O)NC(C)C)cc3C(=O)N([C@@H](C)CO)C[C@H]2C)cc1. The summed E-state index contributed by atoms with van der Waals surface area (Å²) in [6, 6.07) is 10.7. The van der Waals surface area contributed by atoms with Crippen molar-refractivity contribution >= 4 is 29.3 Å². The molecule has 0 aliphatic carbocycles. The number of carbonyl (C=O) groups is 3. The van der Waals surface area contributed by atoms with E-state index >= 15 is 0 Å². The van der Waals surface area contributed by atoms with Crippen LogP contribution in [0.15, 0.2) is 42.5 Å². The number of nitrogens with zero attached hydrogens (tertiary/aromatic N) is 2. The van der Waals surface area contributed by atoms with Gasteiger partial charge in [-0.1, -0.05) is 6.92 Å². The third-order valence-electron chi connectivity index (χ3n) is 6.48. The Morgan fingerprint density at radius 1 is 1.13 bits per heavy atom. The Morgan fingerprint density at radius 3 is 2.41 bits per heavy atom. The Balaban J connectivity index is 1.83. The summed E-state index contributed by atoms with van der Waals surface area (Å²) in [5.74, 6) is 0.551. The third kappa shape index (κ3) is 7.76. The highest BCUT2D eigenvalue weighted by atomic mass is 16.5. The number of amides is 5. The average molecular weight is 542 g/mol. The highest BCUT2D eigenvalue weighted by Crippen LogP contribution is 2.31. The zero-order chi connectivity index (χ0) is 28.7. The molecular weight excluding hydrogens is 502 g/mol. The minimum Gasteiger partial charge on any atom is -0.497 e. The van der Waals surface area contributed by atoms with Crippen molar-refractivity contribution in [2.24, 2.45) is 5.92 Å². The van der Waals surface area contributed by atoms with Crippen LogP contribution in [0.2, 0.25) is 0 Å². The number of nitrogens with one attached hydrogen (secondary N) is 3. The second-order valence-corrected chi connectivity index (χ2v) is 10.1. The predicted octanol–water partition coefficient (Wildman–Crippen LogP) is 3.61. The van der Waals surface area contributed by atoms with Crippen molar-refractivity contribution in [1.29, 1.82) is 0 Å². The highest BCUT2D eigenvalue weighted by molar-refractivity contribution is 5.99. The first-order valence-corrected chi connectivity index (χ1v) is 13.0. The fraction of sp³-hybridized carbons (Fsp3) is 0.464. The van der Waals surface area contributed by atoms with Crippen molar-refractivity contribution < 1.29 is 29.0 Å². The number of anilines is 2. The van der Waals surface area contributed by atoms with E-state index in [2.05, 4.69) is 16.0 Å². The van der Waals surface area contributed by atoms with Gasteiger partial charge in [0.25, 0.3) is 5.91 Å². The molecule has 0 fully saturated rings. The molecule has 0 unspecified atom stereocenters. The monoisotopic (exact) mass is 541 g/mol. The summed E-state index contributed by atoms with van der Waals surface area (Å²) in [5.41, 5.74) is 1.32. The molecule has 3 rings (SSSR count). The quantitative estimate of drug-likeness (QED) is 0.404. The predicted molar refractivity (Wildman–Crippen MR) is 150 cm³/mol. The fourth-order valence-corrected chi connectivity index (χ4v) is 4.19. The molecule has 11 nitrogen and oxygen atoms in total. The summed E-state index contributed by atoms with van der Waals surface area (Å²) >= 11 is 0. The first-order chi connectivity index (χ1) is 18.5. The molecule has 5 amide bonds. The number of rotatable bonds is 8. The number of likely N-dealkylation sites (N-methyl/N-ethyl adjacent to an activating group) is 1. The Bertz CT molecular complexity index is 1160. The number of hydrogen-bond acceptors (Lipinski definition) is 6. The molecule has 1 heterocycles. The molecule has 2 aromatic carbocycles. The third-order valence-corrected chi connectivity index (χ3v) is 6.48. The maximum Gasteiger partial charge on any atom is 0.321 e. The van der Waals surface area contributed by atoms with Crippen molar-refractivity contribution in [3.05, 3.63) is 48.0 Å². The van der Waals surface area contributed by atoms with Crippen molar-refractivity contribution in [2.45, 2.75) is 45.9 Å². The van der Waals surface area contributed by atoms with Gasteiger partial charge >= 0.3 is 12.1 Å². The summed E-state index contributed by atoms with van der Waals surface area (Å²) < 4.78 is 11.5. The van der Waals surface area contributed by atoms with Crippen LogP contribution >= 0.6 is 0 Å². The minimum absolute atomic E-state index is 0.0543. The van der Waals surface area contributed by atoms with E-state index in [4.69, 9.17) is 9.47 Å². The Labute approximate surface area is 229 Å². The molecule has 1 aliphatic rings. The molecule has 0 saturated heterocycles. The number of carbonyl (C=O) groups excluding carboxylic acids is 3. The maximum atomic E-state index is 13.6. The van der Waals surface area contributed by atoms with E-state index in [9.17, 15) is 19.5 Å². The number of ether oxygens (including phenoxy) is 2. The average Bonchev–Trinajstić information content (AvgIpc) is 2.90. The summed E-state index contributed by atoms with van der Waals surface area (Å²) in [6.07, 6.45) is -0.458. The summed E-state index contributed by atoms with van der Waals surface area (Å²) in [4.78, 5) is 41.8. The van der Waals surface area contributed by atoms with Gasteiger partial charge in [0, 0.05) is 36.9 Å². The van der Waals surface area contributed by atoms with Gasteiger partial charge in [0.1, 0.15) is 17.6 Å². The lowest BCUT2D eigenvalue weighted by Gasteiger charge is -2.38. The zero-order valence-electron chi connectivity index (χ0n) is 23.4. The molecule has 0 bridgehead atoms. The maximum absolute atomic E-state index is 13.6. The molecule has 11 heteroatoms. The Morgan fingerprint density at radius 2 is 1.79 bits per heavy atom. The van der Waals surface area contributed by atoms with E-state index in [1.807, 2.05) is 20.8 Å². The molecule has 2 aromatic rings. The van der Waals surface area contributed by atoms with E-state index in [1.54, 1.807) is 68.4 Å². The molecule has 39 heavy (non-hydrogen) atoms. The molecule has 1 aliphatic heterocycles. The van der Waals surface area contributed by atoms with Gasteiger partial charge in [-0.25, -0.2) is 9.59 Å². The van der Waals surface area contributed by atoms with Gasteiger partial charge in [0.05, 0.1) is 31.9 Å². The van der Waals surface area contributed by atoms with Gasteiger partial charge in [-0.05, 0) is 63.2 Å². The van der Waals surface area contributed by atoms with E-state index in [-0.39, 0.29) is 48.6 Å². The van der Waals surface area contributed by atoms with Crippen LogP contribution in [-0.4, -0.2) is 84.9 Å². The summed E-state index contributed by atoms with van der Waals surface area (Å²) in [6.45, 7) is 7.76. The van der Waals surface area contributed by atoms with Gasteiger partial charge in [0.2, 0.25) is 0 Å². The van der Waals surface area contributed by atoms with Crippen LogP contribution in [-0.2, 0) is 0 Å². The van der Waals surface area contributed by atoms with Gasteiger partial charge in [0.15, 0.2) is 0 Å². The second-order valence-electron chi connectivity index (χ2n) is 10.1. The van der Waals surface area contributed by atoms with Crippen LogP contribution in [0.1, 0.15) is 38.1 Å². The first-order valence-electron chi connectivity index (χ1n) is 13.0. The topological polar surface area (TPSA) is 132 Å². The second kappa shape index (κ2) is 13.2. The highest BCUT2D eigenvalue weighted by Gasteiger charge is 2.34. The van der Waals surface area contributed by atoms with Crippen molar-refractivity contribution in [2.75, 3.05) is 44.5 Å². The van der Waals surface area contributed by atoms with E-state index in [1.165, 1.54) is 4.90 Å². The van der Waals surface area contributed by atoms with Gasteiger partial charge in [-0.2, -0.15) is 0 Å². The molecule has 0 aromatic heterocycles. The molecule has 0 saturated carbocycles. The van der Waals surface area contributed by atoms with Crippen molar-refractivity contribution in [1.82, 2.24) is 15.1 Å². The first kappa shape index (κ1) is 29.6. The number of urea groups is 2. The van der Waals surface area contributed by atoms with Crippen molar-refractivity contribution in [3.63, 3.8) is 0 Å². The van der Waals surface area contributed by atoms with Crippen LogP contribution in [0.4, 0.5) is 21.0 Å². The molecule has 0 radical (unpaired) electrons. The Kier molecular flexibility index (Phi) is 10.00. The molecule has 3 atom stereocenters. The number of fused-ring (bicyclic) bond motifs is 1. The lowest BCUT2D eigenvalue weighted by Crippen LogP contribution is -2.50. The Hall–Kier alpha value is -3.99. The van der Waals surface area contributed by atoms with Crippen molar-refractivity contribution in [3.8, 4) is 11.5 Å². The van der Waals surface area contributed by atoms with Crippen LogP contribution in [0.25, 0.3) is 0 Å². The lowest BCUT2D eigenvalue weighted by molar-refractivity contribution is 0.0371. The van der Waals surface area contributed by atoms with Gasteiger partial charge in [-0.15, -0.1) is 0 Å². The van der Waals surface area contributed by atoms with Gasteiger partial charge in [-0.3, -0.25) is 4.79 Å². The molecule has 4 N–H and O–H groups in total. The minimum atomic E-state index is -0.458. The summed E-state index contributed by atoms with van der Waals surface area (Å²) in [5, 5.41) is 18.2. The molecular formula is C28H39N5O6. The standard InChI is InChI=1S/C28H39N5O6/c1-17(2)29-27(36)30-21-9-12-24-23(13-21)26(35)33(19(4)16-34)14-18(3)25(39-24)15-32(5)28(37)31-20-7-10-22(38-6)11-8-20/h7-13,17-19,25,34H,14-16H2,1-6H3,(H,31,37)(H2,29,30,36)/t18-,19+,25+/m1/s1. The normalized spacial score (nSPS) is 17.7. The van der Waals surface area contributed by atoms with E-state index < -0.39 is 12.1 Å². The van der Waals surface area contributed by atoms with Crippen LogP contribution in [0, 0.1) is 5.92 Å². The number of methoxy groups -OCH3 is 1. The largest absolute Gasteiger partial charge is 0.497 e.